The summed E-state index contributed by atoms with van der Waals surface area (Å²) in [7, 11) is 0. The number of hydrogen-bond acceptors (Lipinski definition) is 3. The number of aryl methyl sites for hydroxylation is 1. The number of hydrogen-bond donors (Lipinski definition) is 0. The molecule has 0 aromatic carbocycles. The van der Waals surface area contributed by atoms with E-state index in [2.05, 4.69) is 4.98 Å². The van der Waals surface area contributed by atoms with Gasteiger partial charge in [-0.1, -0.05) is 0 Å². The van der Waals surface area contributed by atoms with Crippen molar-refractivity contribution >= 4 is 5.82 Å². The average molecular weight is 206 g/mol. The lowest BCUT2D eigenvalue weighted by molar-refractivity contribution is -0.389. The molecule has 0 saturated carbocycles. The van der Waals surface area contributed by atoms with E-state index < -0.39 is 28.5 Å². The fourth-order valence-corrected chi connectivity index (χ4v) is 0.984. The van der Waals surface area contributed by atoms with Crippen LogP contribution >= 0.6 is 0 Å². The molecule has 0 bridgehead atoms. The Morgan fingerprint density at radius 2 is 2.14 bits per heavy atom. The van der Waals surface area contributed by atoms with Crippen LogP contribution in [0.1, 0.15) is 17.7 Å². The van der Waals surface area contributed by atoms with Crippen LogP contribution in [-0.2, 0) is 0 Å². The van der Waals surface area contributed by atoms with Crippen LogP contribution < -0.4 is 0 Å². The third-order valence-corrected chi connectivity index (χ3v) is 1.59. The monoisotopic (exact) mass is 206 g/mol. The van der Waals surface area contributed by atoms with Gasteiger partial charge in [-0.15, -0.1) is 0 Å². The fraction of sp³-hybridized carbons (Fsp3) is 0.286. The molecule has 1 rings (SSSR count). The Kier molecular flexibility index (Phi) is 2.68. The number of nitro groups is 1. The summed E-state index contributed by atoms with van der Waals surface area (Å²) in [5, 5.41) is 10.2. The quantitative estimate of drug-likeness (QED) is 0.551. The summed E-state index contributed by atoms with van der Waals surface area (Å²) < 4.78 is 37.2. The minimum atomic E-state index is -3.02. The highest BCUT2D eigenvalue weighted by Gasteiger charge is 2.24. The maximum absolute atomic E-state index is 12.9. The first kappa shape index (κ1) is 10.4. The molecule has 0 aliphatic carbocycles. The zero-order valence-electron chi connectivity index (χ0n) is 7.00. The summed E-state index contributed by atoms with van der Waals surface area (Å²) in [6, 6.07) is 0.383. The van der Waals surface area contributed by atoms with Gasteiger partial charge in [0.1, 0.15) is 11.4 Å². The van der Waals surface area contributed by atoms with Gasteiger partial charge in [-0.05, 0) is 9.91 Å². The zero-order chi connectivity index (χ0) is 10.9. The van der Waals surface area contributed by atoms with E-state index in [0.29, 0.717) is 6.07 Å². The molecule has 0 radical (unpaired) electrons. The first-order valence-electron chi connectivity index (χ1n) is 3.53. The van der Waals surface area contributed by atoms with Crippen molar-refractivity contribution in [3.63, 3.8) is 0 Å². The molecule has 0 fully saturated rings. The highest BCUT2D eigenvalue weighted by molar-refractivity contribution is 5.31. The van der Waals surface area contributed by atoms with E-state index in [0.717, 1.165) is 6.92 Å². The molecule has 0 aliphatic rings. The van der Waals surface area contributed by atoms with Gasteiger partial charge >= 0.3 is 5.82 Å². The van der Waals surface area contributed by atoms with Crippen molar-refractivity contribution in [1.82, 2.24) is 4.98 Å². The number of aromatic nitrogens is 1. The molecule has 4 nitrogen and oxygen atoms in total. The van der Waals surface area contributed by atoms with Crippen LogP contribution in [0.4, 0.5) is 19.0 Å². The summed E-state index contributed by atoms with van der Waals surface area (Å²) >= 11 is 0. The Morgan fingerprint density at radius 3 is 2.50 bits per heavy atom. The van der Waals surface area contributed by atoms with E-state index in [9.17, 15) is 23.3 Å². The van der Waals surface area contributed by atoms with Gasteiger partial charge < -0.3 is 10.1 Å². The van der Waals surface area contributed by atoms with E-state index in [-0.39, 0.29) is 5.69 Å². The van der Waals surface area contributed by atoms with Crippen LogP contribution in [-0.4, -0.2) is 9.91 Å². The van der Waals surface area contributed by atoms with Crippen LogP contribution in [0.2, 0.25) is 0 Å². The molecule has 0 unspecified atom stereocenters. The molecule has 0 amide bonds. The second-order valence-corrected chi connectivity index (χ2v) is 2.52. The van der Waals surface area contributed by atoms with E-state index in [4.69, 9.17) is 0 Å². The standard InChI is InChI=1S/C7H5F3N2O2/c1-3-6(7(9)10)4(8)2-5(11-3)12(13)14/h2,7H,1H3. The first-order chi connectivity index (χ1) is 6.43. The zero-order valence-corrected chi connectivity index (χ0v) is 7.00. The molecule has 0 aliphatic heterocycles. The summed E-state index contributed by atoms with van der Waals surface area (Å²) in [6.45, 7) is 1.09. The Balaban J connectivity index is 3.32. The molecule has 1 aromatic heterocycles. The van der Waals surface area contributed by atoms with Gasteiger partial charge in [-0.2, -0.15) is 0 Å². The van der Waals surface area contributed by atoms with Crippen LogP contribution in [0, 0.1) is 22.9 Å². The second kappa shape index (κ2) is 3.60. The van der Waals surface area contributed by atoms with Crippen molar-refractivity contribution in [1.29, 1.82) is 0 Å². The van der Waals surface area contributed by atoms with Crippen LogP contribution in [0.15, 0.2) is 6.07 Å². The topological polar surface area (TPSA) is 56.0 Å². The smallest absolute Gasteiger partial charge is 0.358 e. The van der Waals surface area contributed by atoms with Gasteiger partial charge in [0.05, 0.1) is 6.07 Å². The molecule has 1 heterocycles. The number of alkyl halides is 2. The maximum atomic E-state index is 12.9. The van der Waals surface area contributed by atoms with Crippen molar-refractivity contribution in [2.24, 2.45) is 0 Å². The molecule has 76 valence electrons. The molecule has 0 N–H and O–H groups in total. The van der Waals surface area contributed by atoms with Gasteiger partial charge in [0.25, 0.3) is 6.43 Å². The number of nitrogens with zero attached hydrogens (tertiary/aromatic N) is 2. The number of pyridine rings is 1. The van der Waals surface area contributed by atoms with Crippen molar-refractivity contribution in [3.8, 4) is 0 Å². The van der Waals surface area contributed by atoms with Gasteiger partial charge in [-0.3, -0.25) is 0 Å². The summed E-state index contributed by atoms with van der Waals surface area (Å²) in [6.07, 6.45) is -3.02. The van der Waals surface area contributed by atoms with Gasteiger partial charge in [0.2, 0.25) is 0 Å². The van der Waals surface area contributed by atoms with Crippen LogP contribution in [0.3, 0.4) is 0 Å². The average Bonchev–Trinajstić information content (AvgIpc) is 2.01. The van der Waals surface area contributed by atoms with E-state index in [1.807, 2.05) is 0 Å². The minimum Gasteiger partial charge on any atom is -0.358 e. The van der Waals surface area contributed by atoms with Gasteiger partial charge in [-0.25, -0.2) is 13.2 Å². The maximum Gasteiger partial charge on any atom is 0.366 e. The van der Waals surface area contributed by atoms with Crippen molar-refractivity contribution < 1.29 is 18.1 Å². The van der Waals surface area contributed by atoms with Gasteiger partial charge in [0.15, 0.2) is 5.69 Å². The summed E-state index contributed by atoms with van der Waals surface area (Å²) in [4.78, 5) is 12.5. The molecule has 0 atom stereocenters. The number of rotatable bonds is 2. The van der Waals surface area contributed by atoms with E-state index in [1.165, 1.54) is 0 Å². The lowest BCUT2D eigenvalue weighted by Gasteiger charge is -2.01. The molecule has 0 saturated heterocycles. The van der Waals surface area contributed by atoms with Crippen molar-refractivity contribution in [2.45, 2.75) is 13.3 Å². The summed E-state index contributed by atoms with van der Waals surface area (Å²) in [5.74, 6) is -2.08. The fourth-order valence-electron chi connectivity index (χ4n) is 0.984. The molecule has 0 spiro atoms. The third-order valence-electron chi connectivity index (χ3n) is 1.59. The predicted octanol–water partition coefficient (Wildman–Crippen LogP) is 2.37. The molecule has 14 heavy (non-hydrogen) atoms. The number of halogens is 3. The second-order valence-electron chi connectivity index (χ2n) is 2.52. The Morgan fingerprint density at radius 1 is 1.57 bits per heavy atom. The van der Waals surface area contributed by atoms with E-state index >= 15 is 0 Å². The van der Waals surface area contributed by atoms with Crippen LogP contribution in [0.25, 0.3) is 0 Å². The minimum absolute atomic E-state index is 0.369. The third kappa shape index (κ3) is 1.81. The first-order valence-corrected chi connectivity index (χ1v) is 3.53. The largest absolute Gasteiger partial charge is 0.366 e. The van der Waals surface area contributed by atoms with Gasteiger partial charge in [0, 0.05) is 6.92 Å². The Labute approximate surface area is 76.5 Å². The highest BCUT2D eigenvalue weighted by Crippen LogP contribution is 2.26. The highest BCUT2D eigenvalue weighted by atomic mass is 19.3. The normalized spacial score (nSPS) is 10.6. The Bertz CT molecular complexity index is 358. The lowest BCUT2D eigenvalue weighted by Crippen LogP contribution is -2.02. The van der Waals surface area contributed by atoms with Crippen molar-refractivity contribution in [2.75, 3.05) is 0 Å². The molecular weight excluding hydrogens is 201 g/mol. The summed E-state index contributed by atoms with van der Waals surface area (Å²) in [5.41, 5.74) is -1.26. The van der Waals surface area contributed by atoms with Crippen LogP contribution in [0.5, 0.6) is 0 Å². The molecule has 1 aromatic rings. The Hall–Kier alpha value is -1.66. The SMILES string of the molecule is Cc1nc([N+](=O)[O-])cc(F)c1C(F)F. The van der Waals surface area contributed by atoms with E-state index in [1.54, 1.807) is 0 Å². The predicted molar refractivity (Wildman–Crippen MR) is 40.5 cm³/mol. The lowest BCUT2D eigenvalue weighted by atomic mass is 10.2. The molecular formula is C7H5F3N2O2. The molecule has 7 heteroatoms. The van der Waals surface area contributed by atoms with Crippen molar-refractivity contribution in [3.05, 3.63) is 33.3 Å².